The van der Waals surface area contributed by atoms with Crippen molar-refractivity contribution in [1.29, 1.82) is 0 Å². The smallest absolute Gasteiger partial charge is 0.497 e. The number of benzene rings is 2. The Balaban J connectivity index is 2.13. The van der Waals surface area contributed by atoms with Gasteiger partial charge in [-0.05, 0) is 23.3 Å². The topological polar surface area (TPSA) is 71.1 Å². The summed E-state index contributed by atoms with van der Waals surface area (Å²) in [5, 5.41) is 0. The lowest BCUT2D eigenvalue weighted by Gasteiger charge is -2.25. The van der Waals surface area contributed by atoms with E-state index >= 15 is 0 Å². The average molecular weight is 498 g/mol. The maximum Gasteiger partial charge on any atom is 0.509 e. The van der Waals surface area contributed by atoms with Crippen molar-refractivity contribution in [2.75, 3.05) is 13.7 Å². The van der Waals surface area contributed by atoms with Crippen LogP contribution in [-0.2, 0) is 25.6 Å². The normalized spacial score (nSPS) is 12.6. The van der Waals surface area contributed by atoms with Gasteiger partial charge in [-0.15, -0.1) is 0 Å². The fourth-order valence-electron chi connectivity index (χ4n) is 2.32. The molecule has 0 saturated heterocycles. The predicted octanol–water partition coefficient (Wildman–Crippen LogP) is 5.64. The molecule has 0 heterocycles. The van der Waals surface area contributed by atoms with Gasteiger partial charge in [0.15, 0.2) is 0 Å². The first-order valence-corrected chi connectivity index (χ1v) is 9.79. The van der Waals surface area contributed by atoms with Crippen LogP contribution in [0, 0.1) is 0 Å². The summed E-state index contributed by atoms with van der Waals surface area (Å²) in [6.45, 7) is -1.18. The molecule has 168 valence electrons. The summed E-state index contributed by atoms with van der Waals surface area (Å²) in [4.78, 5) is 24.0. The first-order chi connectivity index (χ1) is 14.5. The van der Waals surface area contributed by atoms with Gasteiger partial charge in [-0.3, -0.25) is 0 Å². The van der Waals surface area contributed by atoms with Gasteiger partial charge in [-0.2, -0.15) is 8.78 Å². The van der Waals surface area contributed by atoms with Crippen LogP contribution in [-0.4, -0.2) is 35.6 Å². The second-order valence-electron chi connectivity index (χ2n) is 6.11. The fourth-order valence-corrected chi connectivity index (χ4v) is 2.49. The third-order valence-electron chi connectivity index (χ3n) is 3.80. The van der Waals surface area contributed by atoms with E-state index in [-0.39, 0.29) is 5.56 Å². The number of rotatable bonds is 8. The van der Waals surface area contributed by atoms with Crippen LogP contribution in [0.25, 0.3) is 0 Å². The maximum atomic E-state index is 14.9. The minimum Gasteiger partial charge on any atom is -0.497 e. The lowest BCUT2D eigenvalue weighted by atomic mass is 10.0. The standard InChI is InChI=1S/C20H17Cl3F2O6/c1-28-15-9-7-13(8-10-15)11-29-17(26)20(24,25)16(14-5-3-2-4-6-14)31-18(27)30-12-19(21,22)23/h2-10,16H,11-12H2,1H3. The Kier molecular flexibility index (Phi) is 8.73. The molecule has 0 radical (unpaired) electrons. The molecular formula is C20H17Cl3F2O6. The molecule has 2 aromatic rings. The molecule has 0 saturated carbocycles. The summed E-state index contributed by atoms with van der Waals surface area (Å²) in [7, 11) is 1.47. The largest absolute Gasteiger partial charge is 0.509 e. The van der Waals surface area contributed by atoms with Crippen LogP contribution in [0.4, 0.5) is 13.6 Å². The van der Waals surface area contributed by atoms with Crippen LogP contribution in [0.3, 0.4) is 0 Å². The van der Waals surface area contributed by atoms with Crippen LogP contribution in [0.2, 0.25) is 0 Å². The van der Waals surface area contributed by atoms with E-state index in [2.05, 4.69) is 4.74 Å². The first kappa shape index (κ1) is 25.0. The van der Waals surface area contributed by atoms with Crippen LogP contribution in [0.15, 0.2) is 54.6 Å². The number of esters is 1. The van der Waals surface area contributed by atoms with Gasteiger partial charge < -0.3 is 18.9 Å². The lowest BCUT2D eigenvalue weighted by molar-refractivity contribution is -0.193. The Bertz CT molecular complexity index is 873. The van der Waals surface area contributed by atoms with Crippen molar-refractivity contribution in [2.45, 2.75) is 22.4 Å². The van der Waals surface area contributed by atoms with Gasteiger partial charge >= 0.3 is 18.0 Å². The monoisotopic (exact) mass is 496 g/mol. The molecule has 0 aliphatic carbocycles. The molecule has 1 unspecified atom stereocenters. The summed E-state index contributed by atoms with van der Waals surface area (Å²) in [5.41, 5.74) is 0.281. The van der Waals surface area contributed by atoms with Crippen molar-refractivity contribution in [3.63, 3.8) is 0 Å². The number of hydrogen-bond acceptors (Lipinski definition) is 6. The number of methoxy groups -OCH3 is 1. The Morgan fingerprint density at radius 2 is 1.58 bits per heavy atom. The number of ether oxygens (including phenoxy) is 4. The van der Waals surface area contributed by atoms with Crippen molar-refractivity contribution < 1.29 is 37.3 Å². The van der Waals surface area contributed by atoms with Gasteiger partial charge in [0.2, 0.25) is 9.90 Å². The summed E-state index contributed by atoms with van der Waals surface area (Å²) < 4.78 is 46.8. The van der Waals surface area contributed by atoms with Crippen molar-refractivity contribution >= 4 is 46.9 Å². The third-order valence-corrected chi connectivity index (χ3v) is 4.13. The molecule has 0 aliphatic rings. The highest BCUT2D eigenvalue weighted by molar-refractivity contribution is 6.67. The molecule has 31 heavy (non-hydrogen) atoms. The number of carbonyl (C=O) groups is 2. The van der Waals surface area contributed by atoms with Gasteiger partial charge in [-0.1, -0.05) is 77.3 Å². The average Bonchev–Trinajstić information content (AvgIpc) is 2.74. The highest BCUT2D eigenvalue weighted by atomic mass is 35.6. The molecule has 0 aromatic heterocycles. The summed E-state index contributed by atoms with van der Waals surface area (Å²) in [5.74, 6) is -5.59. The van der Waals surface area contributed by atoms with Crippen molar-refractivity contribution in [3.05, 3.63) is 65.7 Å². The molecule has 6 nitrogen and oxygen atoms in total. The molecule has 0 amide bonds. The van der Waals surface area contributed by atoms with E-state index in [9.17, 15) is 18.4 Å². The highest BCUT2D eigenvalue weighted by Gasteiger charge is 2.52. The minimum absolute atomic E-state index is 0.167. The second kappa shape index (κ2) is 10.8. The molecule has 0 N–H and O–H groups in total. The number of carbonyl (C=O) groups excluding carboxylic acids is 2. The molecule has 0 spiro atoms. The van der Waals surface area contributed by atoms with Crippen molar-refractivity contribution in [1.82, 2.24) is 0 Å². The van der Waals surface area contributed by atoms with E-state index in [0.717, 1.165) is 0 Å². The van der Waals surface area contributed by atoms with Crippen LogP contribution in [0.1, 0.15) is 17.2 Å². The number of alkyl halides is 5. The number of halogens is 5. The van der Waals surface area contributed by atoms with E-state index in [4.69, 9.17) is 49.0 Å². The predicted molar refractivity (Wildman–Crippen MR) is 110 cm³/mol. The molecule has 0 bridgehead atoms. The molecule has 11 heteroatoms. The van der Waals surface area contributed by atoms with Gasteiger partial charge in [0.05, 0.1) is 7.11 Å². The van der Waals surface area contributed by atoms with E-state index in [1.807, 2.05) is 0 Å². The van der Waals surface area contributed by atoms with E-state index in [0.29, 0.717) is 11.3 Å². The van der Waals surface area contributed by atoms with Gasteiger partial charge in [0, 0.05) is 0 Å². The van der Waals surface area contributed by atoms with Crippen LogP contribution in [0.5, 0.6) is 5.75 Å². The van der Waals surface area contributed by atoms with Crippen molar-refractivity contribution in [2.24, 2.45) is 0 Å². The van der Waals surface area contributed by atoms with Crippen molar-refractivity contribution in [3.8, 4) is 5.75 Å². The van der Waals surface area contributed by atoms with Crippen LogP contribution >= 0.6 is 34.8 Å². The zero-order valence-corrected chi connectivity index (χ0v) is 18.3. The Hall–Kier alpha value is -2.29. The molecule has 1 atom stereocenters. The van der Waals surface area contributed by atoms with Gasteiger partial charge in [0.25, 0.3) is 0 Å². The Labute approximate surface area is 191 Å². The van der Waals surface area contributed by atoms with Crippen LogP contribution < -0.4 is 4.74 Å². The summed E-state index contributed by atoms with van der Waals surface area (Å²) in [6, 6.07) is 13.2. The Morgan fingerprint density at radius 1 is 0.968 bits per heavy atom. The van der Waals surface area contributed by atoms with E-state index < -0.39 is 41.2 Å². The van der Waals surface area contributed by atoms with Gasteiger partial charge in [-0.25, -0.2) is 9.59 Å². The molecule has 0 aliphatic heterocycles. The van der Waals surface area contributed by atoms with E-state index in [1.54, 1.807) is 30.3 Å². The summed E-state index contributed by atoms with van der Waals surface area (Å²) >= 11 is 16.4. The fraction of sp³-hybridized carbons (Fsp3) is 0.300. The number of hydrogen-bond donors (Lipinski definition) is 0. The highest BCUT2D eigenvalue weighted by Crippen LogP contribution is 2.37. The molecule has 2 aromatic carbocycles. The molecule has 0 fully saturated rings. The Morgan fingerprint density at radius 3 is 2.13 bits per heavy atom. The quantitative estimate of drug-likeness (QED) is 0.347. The zero-order chi connectivity index (χ0) is 23.1. The summed E-state index contributed by atoms with van der Waals surface area (Å²) in [6.07, 6.45) is -3.89. The zero-order valence-electron chi connectivity index (χ0n) is 16.0. The van der Waals surface area contributed by atoms with Gasteiger partial charge in [0.1, 0.15) is 19.0 Å². The SMILES string of the molecule is COc1ccc(COC(=O)C(F)(F)C(OC(=O)OCC(Cl)(Cl)Cl)c2ccccc2)cc1. The minimum atomic E-state index is -4.24. The maximum absolute atomic E-state index is 14.9. The second-order valence-corrected chi connectivity index (χ2v) is 8.63. The van der Waals surface area contributed by atoms with E-state index in [1.165, 1.54) is 31.4 Å². The first-order valence-electron chi connectivity index (χ1n) is 8.66. The lowest BCUT2D eigenvalue weighted by Crippen LogP contribution is -2.40. The molecule has 2 rings (SSSR count). The molecular weight excluding hydrogens is 481 g/mol. The third kappa shape index (κ3) is 7.72.